The van der Waals surface area contributed by atoms with E-state index in [2.05, 4.69) is 43.0 Å². The predicted octanol–water partition coefficient (Wildman–Crippen LogP) is 2.86. The van der Waals surface area contributed by atoms with E-state index in [1.165, 1.54) is 5.56 Å². The van der Waals surface area contributed by atoms with Crippen molar-refractivity contribution in [2.24, 2.45) is 0 Å². The second-order valence-electron chi connectivity index (χ2n) is 5.55. The Labute approximate surface area is 135 Å². The van der Waals surface area contributed by atoms with Gasteiger partial charge in [-0.25, -0.2) is 0 Å². The molecule has 1 N–H and O–H groups in total. The molecule has 0 aromatic heterocycles. The molecule has 0 aliphatic rings. The van der Waals surface area contributed by atoms with E-state index in [1.54, 1.807) is 7.11 Å². The molecule has 4 nitrogen and oxygen atoms in total. The summed E-state index contributed by atoms with van der Waals surface area (Å²) in [7, 11) is 5.88. The third kappa shape index (κ3) is 6.08. The van der Waals surface area contributed by atoms with Gasteiger partial charge in [0, 0.05) is 12.1 Å². The maximum atomic E-state index is 5.74. The third-order valence-corrected chi connectivity index (χ3v) is 3.35. The quantitative estimate of drug-likeness (QED) is 0.503. The number of nitrogens with zero attached hydrogens (tertiary/aromatic N) is 1. The normalized spacial score (nSPS) is 10.8. The Morgan fingerprint density at radius 3 is 2.68 bits per heavy atom. The summed E-state index contributed by atoms with van der Waals surface area (Å²) in [6.07, 6.45) is 3.81. The number of methoxy groups -OCH3 is 1. The molecule has 1 rings (SSSR count). The van der Waals surface area contributed by atoms with Crippen molar-refractivity contribution >= 4 is 0 Å². The van der Waals surface area contributed by atoms with Crippen molar-refractivity contribution in [2.75, 3.05) is 40.9 Å². The molecule has 0 atom stereocenters. The summed E-state index contributed by atoms with van der Waals surface area (Å²) in [5.74, 6) is 1.63. The lowest BCUT2D eigenvalue weighted by atomic mass is 10.1. The smallest absolute Gasteiger partial charge is 0.164 e. The van der Waals surface area contributed by atoms with Crippen LogP contribution in [0.2, 0.25) is 0 Å². The molecule has 0 heterocycles. The van der Waals surface area contributed by atoms with Crippen LogP contribution in [0, 0.1) is 0 Å². The van der Waals surface area contributed by atoms with E-state index in [1.807, 2.05) is 13.0 Å². The first-order valence-electron chi connectivity index (χ1n) is 7.91. The minimum atomic E-state index is 0.628. The summed E-state index contributed by atoms with van der Waals surface area (Å²) in [6.45, 7) is 9.38. The fourth-order valence-electron chi connectivity index (χ4n) is 2.35. The van der Waals surface area contributed by atoms with Gasteiger partial charge in [-0.1, -0.05) is 12.1 Å². The summed E-state index contributed by atoms with van der Waals surface area (Å²) in [5, 5.41) is 3.48. The van der Waals surface area contributed by atoms with Gasteiger partial charge in [-0.2, -0.15) is 0 Å². The van der Waals surface area contributed by atoms with Crippen LogP contribution in [0.4, 0.5) is 0 Å². The molecule has 0 aliphatic heterocycles. The highest BCUT2D eigenvalue weighted by Gasteiger charge is 2.12. The number of benzene rings is 1. The molecule has 4 heteroatoms. The Bertz CT molecular complexity index is 459. The molecule has 124 valence electrons. The van der Waals surface area contributed by atoms with Crippen molar-refractivity contribution in [1.29, 1.82) is 0 Å². The summed E-state index contributed by atoms with van der Waals surface area (Å²) in [5.41, 5.74) is 2.34. The Hall–Kier alpha value is -1.52. The zero-order chi connectivity index (χ0) is 16.4. The first-order chi connectivity index (χ1) is 10.6. The van der Waals surface area contributed by atoms with Crippen LogP contribution in [0.25, 0.3) is 0 Å². The molecule has 0 fully saturated rings. The Balaban J connectivity index is 2.74. The van der Waals surface area contributed by atoms with Crippen LogP contribution in [0.3, 0.4) is 0 Å². The maximum absolute atomic E-state index is 5.74. The zero-order valence-corrected chi connectivity index (χ0v) is 14.4. The van der Waals surface area contributed by atoms with E-state index in [4.69, 9.17) is 9.47 Å². The molecule has 0 amide bonds. The molecule has 0 unspecified atom stereocenters. The summed E-state index contributed by atoms with van der Waals surface area (Å²) in [4.78, 5) is 2.20. The van der Waals surface area contributed by atoms with E-state index in [9.17, 15) is 0 Å². The molecule has 0 spiro atoms. The lowest BCUT2D eigenvalue weighted by Crippen LogP contribution is -2.21. The van der Waals surface area contributed by atoms with Crippen molar-refractivity contribution < 1.29 is 9.47 Å². The first kappa shape index (κ1) is 18.5. The molecule has 0 aliphatic carbocycles. The van der Waals surface area contributed by atoms with Gasteiger partial charge in [-0.15, -0.1) is 6.58 Å². The highest BCUT2D eigenvalue weighted by atomic mass is 16.5. The largest absolute Gasteiger partial charge is 0.493 e. The molecule has 0 radical (unpaired) electrons. The van der Waals surface area contributed by atoms with Crippen LogP contribution in [-0.4, -0.2) is 45.8 Å². The second kappa shape index (κ2) is 10.2. The minimum Gasteiger partial charge on any atom is -0.493 e. The summed E-state index contributed by atoms with van der Waals surface area (Å²) >= 11 is 0. The predicted molar refractivity (Wildman–Crippen MR) is 92.9 cm³/mol. The van der Waals surface area contributed by atoms with E-state index < -0.39 is 0 Å². The average molecular weight is 306 g/mol. The number of allylic oxidation sites excluding steroid dienone is 1. The van der Waals surface area contributed by atoms with Crippen LogP contribution < -0.4 is 14.8 Å². The van der Waals surface area contributed by atoms with Crippen LogP contribution in [0.15, 0.2) is 24.8 Å². The molecule has 22 heavy (non-hydrogen) atoms. The lowest BCUT2D eigenvalue weighted by molar-refractivity contribution is 0.308. The molecular formula is C18H30N2O2. The van der Waals surface area contributed by atoms with Gasteiger partial charge in [-0.05, 0) is 58.6 Å². The second-order valence-corrected chi connectivity index (χ2v) is 5.55. The summed E-state index contributed by atoms with van der Waals surface area (Å²) < 4.78 is 11.2. The van der Waals surface area contributed by atoms with Gasteiger partial charge in [0.15, 0.2) is 11.5 Å². The third-order valence-electron chi connectivity index (χ3n) is 3.35. The van der Waals surface area contributed by atoms with Crippen molar-refractivity contribution in [3.05, 3.63) is 35.9 Å². The monoisotopic (exact) mass is 306 g/mol. The standard InChI is InChI=1S/C18H30N2O2/c1-6-9-16-12-15(14-19-10-8-11-20(3)4)13-17(21-5)18(16)22-7-2/h6,12-13,19H,1,7-11,14H2,2-5H3. The number of hydrogen-bond acceptors (Lipinski definition) is 4. The minimum absolute atomic E-state index is 0.628. The Morgan fingerprint density at radius 1 is 1.32 bits per heavy atom. The number of ether oxygens (including phenoxy) is 2. The van der Waals surface area contributed by atoms with Gasteiger partial charge >= 0.3 is 0 Å². The average Bonchev–Trinajstić information content (AvgIpc) is 2.49. The molecule has 1 aromatic rings. The van der Waals surface area contributed by atoms with Crippen LogP contribution in [-0.2, 0) is 13.0 Å². The molecule has 0 bridgehead atoms. The van der Waals surface area contributed by atoms with Crippen molar-refractivity contribution in [1.82, 2.24) is 10.2 Å². The van der Waals surface area contributed by atoms with E-state index in [0.29, 0.717) is 6.61 Å². The van der Waals surface area contributed by atoms with Crippen LogP contribution in [0.1, 0.15) is 24.5 Å². The number of hydrogen-bond donors (Lipinski definition) is 1. The number of nitrogens with one attached hydrogen (secondary N) is 1. The fourth-order valence-corrected chi connectivity index (χ4v) is 2.35. The highest BCUT2D eigenvalue weighted by molar-refractivity contribution is 5.50. The maximum Gasteiger partial charge on any atom is 0.164 e. The van der Waals surface area contributed by atoms with E-state index in [-0.39, 0.29) is 0 Å². The molecular weight excluding hydrogens is 276 g/mol. The molecule has 0 saturated heterocycles. The Morgan fingerprint density at radius 2 is 2.09 bits per heavy atom. The van der Waals surface area contributed by atoms with Crippen LogP contribution in [0.5, 0.6) is 11.5 Å². The molecule has 1 aromatic carbocycles. The van der Waals surface area contributed by atoms with Gasteiger partial charge < -0.3 is 19.7 Å². The highest BCUT2D eigenvalue weighted by Crippen LogP contribution is 2.33. The first-order valence-corrected chi connectivity index (χ1v) is 7.91. The SMILES string of the molecule is C=CCc1cc(CNCCCN(C)C)cc(OC)c1OCC. The Kier molecular flexibility index (Phi) is 8.63. The van der Waals surface area contributed by atoms with Gasteiger partial charge in [0.05, 0.1) is 13.7 Å². The summed E-state index contributed by atoms with van der Waals surface area (Å²) in [6, 6.07) is 4.23. The topological polar surface area (TPSA) is 33.7 Å². The molecule has 0 saturated carbocycles. The number of rotatable bonds is 11. The van der Waals surface area contributed by atoms with Gasteiger partial charge in [-0.3, -0.25) is 0 Å². The fraction of sp³-hybridized carbons (Fsp3) is 0.556. The van der Waals surface area contributed by atoms with Gasteiger partial charge in [0.2, 0.25) is 0 Å². The van der Waals surface area contributed by atoms with Gasteiger partial charge in [0.25, 0.3) is 0 Å². The van der Waals surface area contributed by atoms with Crippen molar-refractivity contribution in [3.63, 3.8) is 0 Å². The van der Waals surface area contributed by atoms with Crippen LogP contribution >= 0.6 is 0 Å². The van der Waals surface area contributed by atoms with Crippen molar-refractivity contribution in [2.45, 2.75) is 26.3 Å². The van der Waals surface area contributed by atoms with Crippen molar-refractivity contribution in [3.8, 4) is 11.5 Å². The van der Waals surface area contributed by atoms with E-state index in [0.717, 1.165) is 49.5 Å². The van der Waals surface area contributed by atoms with Gasteiger partial charge in [0.1, 0.15) is 0 Å². The lowest BCUT2D eigenvalue weighted by Gasteiger charge is -2.16. The zero-order valence-electron chi connectivity index (χ0n) is 14.4. The van der Waals surface area contributed by atoms with E-state index >= 15 is 0 Å².